The molecule has 0 bridgehead atoms. The lowest BCUT2D eigenvalue weighted by atomic mass is 9.78. The van der Waals surface area contributed by atoms with Crippen LogP contribution in [-0.2, 0) is 10.3 Å². The van der Waals surface area contributed by atoms with Gasteiger partial charge in [-0.2, -0.15) is 0 Å². The molecule has 1 fully saturated rings. The summed E-state index contributed by atoms with van der Waals surface area (Å²) >= 11 is 6.45. The summed E-state index contributed by atoms with van der Waals surface area (Å²) in [4.78, 5) is 25.1. The maximum atomic E-state index is 13.1. The van der Waals surface area contributed by atoms with Gasteiger partial charge in [0.15, 0.2) is 17.0 Å². The molecule has 4 rings (SSSR count). The molecular formula is C22H22ClN3O5. The van der Waals surface area contributed by atoms with Crippen molar-refractivity contribution in [2.75, 3.05) is 19.0 Å². The van der Waals surface area contributed by atoms with E-state index in [2.05, 4.69) is 17.2 Å². The van der Waals surface area contributed by atoms with Gasteiger partial charge in [0.1, 0.15) is 6.61 Å². The quantitative estimate of drug-likeness (QED) is 0.402. The number of para-hydroxylation sites is 1. The molecule has 2 aromatic carbocycles. The van der Waals surface area contributed by atoms with E-state index in [-0.39, 0.29) is 16.6 Å². The molecule has 4 atom stereocenters. The second-order valence-electron chi connectivity index (χ2n) is 7.63. The van der Waals surface area contributed by atoms with Crippen molar-refractivity contribution in [3.63, 3.8) is 0 Å². The van der Waals surface area contributed by atoms with Crippen LogP contribution in [0.15, 0.2) is 49.1 Å². The fourth-order valence-corrected chi connectivity index (χ4v) is 5.04. The molecule has 2 N–H and O–H groups in total. The number of halogens is 1. The van der Waals surface area contributed by atoms with Gasteiger partial charge in [0.25, 0.3) is 11.9 Å². The van der Waals surface area contributed by atoms with Gasteiger partial charge >= 0.3 is 0 Å². The first kappa shape index (κ1) is 21.1. The minimum Gasteiger partial charge on any atom is -0.493 e. The fourth-order valence-electron chi connectivity index (χ4n) is 4.77. The maximum absolute atomic E-state index is 13.1. The average molecular weight is 444 g/mol. The fraction of sp³-hybridized carbons (Fsp3) is 0.318. The van der Waals surface area contributed by atoms with Crippen LogP contribution in [0.4, 0.5) is 5.69 Å². The van der Waals surface area contributed by atoms with Gasteiger partial charge in [0.2, 0.25) is 0 Å². The molecule has 0 saturated carbocycles. The lowest BCUT2D eigenvalue weighted by Crippen LogP contribution is -2.54. The summed E-state index contributed by atoms with van der Waals surface area (Å²) in [7, 11) is 1.47. The highest BCUT2D eigenvalue weighted by Gasteiger charge is 2.67. The first-order chi connectivity index (χ1) is 14.8. The van der Waals surface area contributed by atoms with Crippen LogP contribution in [0.3, 0.4) is 0 Å². The summed E-state index contributed by atoms with van der Waals surface area (Å²) in [6.07, 6.45) is 1.58. The Hall–Kier alpha value is -3.10. The van der Waals surface area contributed by atoms with Gasteiger partial charge in [-0.15, -0.1) is 0 Å². The van der Waals surface area contributed by atoms with E-state index >= 15 is 0 Å². The summed E-state index contributed by atoms with van der Waals surface area (Å²) in [5.74, 6) is -0.390. The van der Waals surface area contributed by atoms with E-state index < -0.39 is 29.4 Å². The Labute approximate surface area is 184 Å². The third-order valence-corrected chi connectivity index (χ3v) is 6.23. The van der Waals surface area contributed by atoms with Gasteiger partial charge in [-0.25, -0.2) is 0 Å². The Bertz CT molecular complexity index is 1080. The molecule has 9 heteroatoms. The molecule has 8 nitrogen and oxygen atoms in total. The van der Waals surface area contributed by atoms with Gasteiger partial charge in [0, 0.05) is 22.2 Å². The number of hydrogen-bond acceptors (Lipinski definition) is 6. The second kappa shape index (κ2) is 7.86. The maximum Gasteiger partial charge on any atom is 0.256 e. The predicted molar refractivity (Wildman–Crippen MR) is 117 cm³/mol. The summed E-state index contributed by atoms with van der Waals surface area (Å²) in [6.45, 7) is 5.67. The molecule has 2 heterocycles. The highest BCUT2D eigenvalue weighted by atomic mass is 35.5. The smallest absolute Gasteiger partial charge is 0.256 e. The third-order valence-electron chi connectivity index (χ3n) is 5.95. The van der Waals surface area contributed by atoms with E-state index in [9.17, 15) is 14.9 Å². The zero-order chi connectivity index (χ0) is 22.3. The van der Waals surface area contributed by atoms with Crippen LogP contribution in [0.25, 0.3) is 0 Å². The van der Waals surface area contributed by atoms with E-state index in [0.29, 0.717) is 28.3 Å². The summed E-state index contributed by atoms with van der Waals surface area (Å²) in [6, 6.07) is 8.70. The average Bonchev–Trinajstić information content (AvgIpc) is 3.21. The van der Waals surface area contributed by atoms with E-state index in [1.54, 1.807) is 42.5 Å². The molecule has 1 saturated heterocycles. The molecule has 0 aromatic heterocycles. The molecule has 1 amide bonds. The van der Waals surface area contributed by atoms with Crippen LogP contribution < -0.4 is 20.1 Å². The van der Waals surface area contributed by atoms with Gasteiger partial charge in [-0.3, -0.25) is 20.2 Å². The van der Waals surface area contributed by atoms with E-state index in [4.69, 9.17) is 21.1 Å². The normalized spacial score (nSPS) is 26.4. The van der Waals surface area contributed by atoms with Crippen LogP contribution in [0.1, 0.15) is 24.0 Å². The van der Waals surface area contributed by atoms with Crippen molar-refractivity contribution in [2.24, 2.45) is 0 Å². The van der Waals surface area contributed by atoms with E-state index in [1.165, 1.54) is 7.11 Å². The molecule has 162 valence electrons. The zero-order valence-electron chi connectivity index (χ0n) is 17.1. The van der Waals surface area contributed by atoms with Crippen molar-refractivity contribution >= 4 is 23.2 Å². The zero-order valence-corrected chi connectivity index (χ0v) is 17.8. The number of hydrogen-bond donors (Lipinski definition) is 2. The predicted octanol–water partition coefficient (Wildman–Crippen LogP) is 3.48. The number of nitrogens with zero attached hydrogens (tertiary/aromatic N) is 1. The minimum absolute atomic E-state index is 0.231. The van der Waals surface area contributed by atoms with Gasteiger partial charge < -0.3 is 14.8 Å². The summed E-state index contributed by atoms with van der Waals surface area (Å²) < 4.78 is 11.0. The number of methoxy groups -OCH3 is 1. The first-order valence-electron chi connectivity index (χ1n) is 9.78. The molecule has 2 aliphatic heterocycles. The van der Waals surface area contributed by atoms with Crippen molar-refractivity contribution in [1.29, 1.82) is 0 Å². The molecule has 1 spiro atoms. The van der Waals surface area contributed by atoms with Crippen molar-refractivity contribution in [1.82, 2.24) is 5.32 Å². The molecule has 2 aliphatic rings. The monoisotopic (exact) mass is 443 g/mol. The van der Waals surface area contributed by atoms with Crippen LogP contribution in [0.2, 0.25) is 5.02 Å². The van der Waals surface area contributed by atoms with Crippen LogP contribution in [-0.4, -0.2) is 36.6 Å². The van der Waals surface area contributed by atoms with Gasteiger partial charge in [-0.1, -0.05) is 42.5 Å². The number of benzene rings is 2. The van der Waals surface area contributed by atoms with Crippen molar-refractivity contribution < 1.29 is 19.2 Å². The molecule has 0 aliphatic carbocycles. The number of rotatable bonds is 6. The number of anilines is 1. The molecule has 0 unspecified atom stereocenters. The van der Waals surface area contributed by atoms with Gasteiger partial charge in [-0.05, 0) is 30.7 Å². The number of nitro groups is 1. The van der Waals surface area contributed by atoms with Crippen LogP contribution in [0.5, 0.6) is 11.5 Å². The Kier molecular flexibility index (Phi) is 5.36. The lowest BCUT2D eigenvalue weighted by molar-refractivity contribution is -0.532. The van der Waals surface area contributed by atoms with Gasteiger partial charge in [0.05, 0.1) is 18.1 Å². The number of amides is 1. The SMILES string of the molecule is C=CCOc1c(Cl)cc([C@@H]2[C@H](C)N[C@]3(C(=O)Nc4ccccc43)[C@@H]2[N+](=O)[O-])cc1OC. The molecule has 0 radical (unpaired) electrons. The van der Waals surface area contributed by atoms with Crippen molar-refractivity contribution in [3.8, 4) is 11.5 Å². The summed E-state index contributed by atoms with van der Waals surface area (Å²) in [5.41, 5.74) is 0.245. The molecule has 31 heavy (non-hydrogen) atoms. The Morgan fingerprint density at radius 1 is 1.35 bits per heavy atom. The van der Waals surface area contributed by atoms with Crippen LogP contribution >= 0.6 is 11.6 Å². The number of carbonyl (C=O) groups excluding carboxylic acids is 1. The topological polar surface area (TPSA) is 103 Å². The number of nitrogens with one attached hydrogen (secondary N) is 2. The standard InChI is InChI=1S/C22H22ClN3O5/c1-4-9-31-19-15(23)10-13(11-17(19)30-3)18-12(2)25-22(20(18)26(28)29)14-7-5-6-8-16(14)24-21(22)27/h4-8,10-12,18,20,25H,1,9H2,2-3H3,(H,24,27)/t12-,18-,20+,22-/m0/s1. The second-order valence-corrected chi connectivity index (χ2v) is 8.04. The highest BCUT2D eigenvalue weighted by molar-refractivity contribution is 6.32. The first-order valence-corrected chi connectivity index (χ1v) is 10.2. The number of carbonyl (C=O) groups is 1. The largest absolute Gasteiger partial charge is 0.493 e. The Balaban J connectivity index is 1.85. The van der Waals surface area contributed by atoms with E-state index in [0.717, 1.165) is 0 Å². The Morgan fingerprint density at radius 2 is 2.10 bits per heavy atom. The molecular weight excluding hydrogens is 422 g/mol. The minimum atomic E-state index is -1.48. The number of fused-ring (bicyclic) bond motifs is 2. The van der Waals surface area contributed by atoms with E-state index in [1.807, 2.05) is 6.92 Å². The highest BCUT2D eigenvalue weighted by Crippen LogP contribution is 2.51. The van der Waals surface area contributed by atoms with Crippen molar-refractivity contribution in [2.45, 2.75) is 30.5 Å². The summed E-state index contributed by atoms with van der Waals surface area (Å²) in [5, 5.41) is 18.7. The van der Waals surface area contributed by atoms with Crippen LogP contribution in [0, 0.1) is 10.1 Å². The lowest BCUT2D eigenvalue weighted by Gasteiger charge is -2.25. The van der Waals surface area contributed by atoms with Crippen molar-refractivity contribution in [3.05, 3.63) is 75.3 Å². The molecule has 2 aromatic rings. The number of ether oxygens (including phenoxy) is 2. The third kappa shape index (κ3) is 3.14. The Morgan fingerprint density at radius 3 is 2.77 bits per heavy atom.